The van der Waals surface area contributed by atoms with Gasteiger partial charge < -0.3 is 15.6 Å². The Bertz CT molecular complexity index is 428. The molecular weight excluding hydrogens is 210 g/mol. The first-order valence-corrected chi connectivity index (χ1v) is 4.71. The Hall–Kier alpha value is -2.04. The number of amides is 1. The van der Waals surface area contributed by atoms with Crippen LogP contribution in [0.2, 0.25) is 0 Å². The third-order valence-electron chi connectivity index (χ3n) is 2.05. The zero-order chi connectivity index (χ0) is 12.3. The van der Waals surface area contributed by atoms with Crippen LogP contribution in [0, 0.1) is 6.92 Å². The van der Waals surface area contributed by atoms with E-state index in [1.165, 1.54) is 13.0 Å². The lowest BCUT2D eigenvalue weighted by molar-refractivity contribution is -0.144. The van der Waals surface area contributed by atoms with Crippen LogP contribution in [0.3, 0.4) is 0 Å². The minimum absolute atomic E-state index is 0.179. The first kappa shape index (κ1) is 12.0. The molecule has 0 fully saturated rings. The van der Waals surface area contributed by atoms with Crippen molar-refractivity contribution in [3.05, 3.63) is 29.3 Å². The quantitative estimate of drug-likeness (QED) is 0.795. The molecule has 1 amide bonds. The van der Waals surface area contributed by atoms with Gasteiger partial charge in [-0.2, -0.15) is 0 Å². The number of aryl methyl sites for hydroxylation is 1. The Morgan fingerprint density at radius 1 is 1.44 bits per heavy atom. The maximum Gasteiger partial charge on any atom is 0.344 e. The highest BCUT2D eigenvalue weighted by atomic mass is 16.5. The molecule has 0 aliphatic carbocycles. The molecule has 0 aliphatic heterocycles. The van der Waals surface area contributed by atoms with Crippen molar-refractivity contribution in [3.63, 3.8) is 0 Å². The van der Waals surface area contributed by atoms with E-state index in [0.29, 0.717) is 0 Å². The van der Waals surface area contributed by atoms with Gasteiger partial charge in [0.05, 0.1) is 5.56 Å². The molecule has 0 spiro atoms. The summed E-state index contributed by atoms with van der Waals surface area (Å²) in [6.45, 7) is 3.19. The summed E-state index contributed by atoms with van der Waals surface area (Å²) in [5.74, 6) is -1.55. The van der Waals surface area contributed by atoms with E-state index in [2.05, 4.69) is 0 Å². The van der Waals surface area contributed by atoms with Crippen molar-refractivity contribution < 1.29 is 19.4 Å². The second-order valence-corrected chi connectivity index (χ2v) is 3.46. The number of aliphatic carboxylic acids is 1. The number of ether oxygens (including phenoxy) is 1. The molecule has 0 heterocycles. The highest BCUT2D eigenvalue weighted by molar-refractivity contribution is 5.95. The molecule has 0 radical (unpaired) electrons. The van der Waals surface area contributed by atoms with Crippen LogP contribution in [0.4, 0.5) is 0 Å². The fourth-order valence-electron chi connectivity index (χ4n) is 1.17. The Labute approximate surface area is 92.8 Å². The minimum Gasteiger partial charge on any atom is -0.479 e. The van der Waals surface area contributed by atoms with E-state index in [4.69, 9.17) is 15.6 Å². The van der Waals surface area contributed by atoms with Crippen molar-refractivity contribution in [1.82, 2.24) is 0 Å². The summed E-state index contributed by atoms with van der Waals surface area (Å²) < 4.78 is 5.15. The molecule has 1 rings (SSSR count). The SMILES string of the molecule is Cc1ccc(C(N)=O)c(OC(C)C(=O)O)c1. The zero-order valence-electron chi connectivity index (χ0n) is 9.06. The topological polar surface area (TPSA) is 89.6 Å². The molecule has 0 aromatic heterocycles. The van der Waals surface area contributed by atoms with Crippen LogP contribution in [0.15, 0.2) is 18.2 Å². The van der Waals surface area contributed by atoms with Crippen LogP contribution >= 0.6 is 0 Å². The molecule has 1 aromatic rings. The molecular formula is C11H13NO4. The van der Waals surface area contributed by atoms with Gasteiger partial charge in [0, 0.05) is 0 Å². The third-order valence-corrected chi connectivity index (χ3v) is 2.05. The molecule has 5 nitrogen and oxygen atoms in total. The highest BCUT2D eigenvalue weighted by Crippen LogP contribution is 2.21. The van der Waals surface area contributed by atoms with Crippen LogP contribution in [0.5, 0.6) is 5.75 Å². The minimum atomic E-state index is -1.10. The van der Waals surface area contributed by atoms with Gasteiger partial charge in [-0.3, -0.25) is 4.79 Å². The number of carbonyl (C=O) groups is 2. The summed E-state index contributed by atoms with van der Waals surface area (Å²) in [5.41, 5.74) is 6.19. The molecule has 1 atom stereocenters. The monoisotopic (exact) mass is 223 g/mol. The van der Waals surface area contributed by atoms with Gasteiger partial charge in [0.15, 0.2) is 6.10 Å². The number of nitrogens with two attached hydrogens (primary N) is 1. The number of hydrogen-bond donors (Lipinski definition) is 2. The van der Waals surface area contributed by atoms with E-state index in [1.807, 2.05) is 6.92 Å². The van der Waals surface area contributed by atoms with Crippen molar-refractivity contribution in [2.24, 2.45) is 5.73 Å². The second kappa shape index (κ2) is 4.65. The second-order valence-electron chi connectivity index (χ2n) is 3.46. The lowest BCUT2D eigenvalue weighted by Gasteiger charge is -2.13. The molecule has 0 saturated carbocycles. The van der Waals surface area contributed by atoms with Crippen LogP contribution in [-0.4, -0.2) is 23.1 Å². The van der Waals surface area contributed by atoms with Gasteiger partial charge in [-0.15, -0.1) is 0 Å². The van der Waals surface area contributed by atoms with Gasteiger partial charge in [0.1, 0.15) is 5.75 Å². The van der Waals surface area contributed by atoms with Crippen molar-refractivity contribution in [2.75, 3.05) is 0 Å². The molecule has 86 valence electrons. The molecule has 0 saturated heterocycles. The number of carboxylic acid groups (broad SMARTS) is 1. The van der Waals surface area contributed by atoms with Crippen molar-refractivity contribution in [2.45, 2.75) is 20.0 Å². The number of carboxylic acids is 1. The standard InChI is InChI=1S/C11H13NO4/c1-6-3-4-8(10(12)13)9(5-6)16-7(2)11(14)15/h3-5,7H,1-2H3,(H2,12,13)(H,14,15). The average Bonchev–Trinajstić information content (AvgIpc) is 2.16. The summed E-state index contributed by atoms with van der Waals surface area (Å²) in [4.78, 5) is 21.7. The van der Waals surface area contributed by atoms with Crippen LogP contribution in [0.25, 0.3) is 0 Å². The highest BCUT2D eigenvalue weighted by Gasteiger charge is 2.16. The molecule has 5 heteroatoms. The third kappa shape index (κ3) is 2.73. The summed E-state index contributed by atoms with van der Waals surface area (Å²) >= 11 is 0. The fourth-order valence-corrected chi connectivity index (χ4v) is 1.17. The van der Waals surface area contributed by atoms with Gasteiger partial charge in [-0.1, -0.05) is 6.07 Å². The van der Waals surface area contributed by atoms with E-state index in [0.717, 1.165) is 5.56 Å². The smallest absolute Gasteiger partial charge is 0.344 e. The predicted molar refractivity (Wildman–Crippen MR) is 57.4 cm³/mol. The largest absolute Gasteiger partial charge is 0.479 e. The van der Waals surface area contributed by atoms with E-state index < -0.39 is 18.0 Å². The fraction of sp³-hybridized carbons (Fsp3) is 0.273. The molecule has 16 heavy (non-hydrogen) atoms. The predicted octanol–water partition coefficient (Wildman–Crippen LogP) is 0.946. The summed E-state index contributed by atoms with van der Waals surface area (Å²) in [7, 11) is 0. The molecule has 3 N–H and O–H groups in total. The number of primary amides is 1. The van der Waals surface area contributed by atoms with Gasteiger partial charge in [-0.05, 0) is 31.5 Å². The Balaban J connectivity index is 3.05. The van der Waals surface area contributed by atoms with E-state index in [1.54, 1.807) is 12.1 Å². The number of hydrogen-bond acceptors (Lipinski definition) is 3. The zero-order valence-corrected chi connectivity index (χ0v) is 9.06. The van der Waals surface area contributed by atoms with Gasteiger partial charge in [0.25, 0.3) is 5.91 Å². The van der Waals surface area contributed by atoms with Gasteiger partial charge >= 0.3 is 5.97 Å². The van der Waals surface area contributed by atoms with Crippen LogP contribution in [0.1, 0.15) is 22.8 Å². The van der Waals surface area contributed by atoms with E-state index >= 15 is 0 Å². The van der Waals surface area contributed by atoms with Gasteiger partial charge in [0.2, 0.25) is 0 Å². The summed E-state index contributed by atoms with van der Waals surface area (Å²) in [5, 5.41) is 8.70. The van der Waals surface area contributed by atoms with Gasteiger partial charge in [-0.25, -0.2) is 4.79 Å². The first-order valence-electron chi connectivity index (χ1n) is 4.71. The van der Waals surface area contributed by atoms with Crippen molar-refractivity contribution in [1.29, 1.82) is 0 Å². The Morgan fingerprint density at radius 2 is 2.06 bits per heavy atom. The number of rotatable bonds is 4. The molecule has 0 bridgehead atoms. The van der Waals surface area contributed by atoms with Crippen molar-refractivity contribution >= 4 is 11.9 Å². The van der Waals surface area contributed by atoms with Crippen LogP contribution < -0.4 is 10.5 Å². The lowest BCUT2D eigenvalue weighted by atomic mass is 10.1. The molecule has 1 aromatic carbocycles. The van der Waals surface area contributed by atoms with E-state index in [9.17, 15) is 9.59 Å². The maximum absolute atomic E-state index is 11.1. The number of carbonyl (C=O) groups excluding carboxylic acids is 1. The normalized spacial score (nSPS) is 11.9. The lowest BCUT2D eigenvalue weighted by Crippen LogP contribution is -2.24. The molecule has 1 unspecified atom stereocenters. The average molecular weight is 223 g/mol. The Morgan fingerprint density at radius 3 is 2.56 bits per heavy atom. The van der Waals surface area contributed by atoms with Crippen molar-refractivity contribution in [3.8, 4) is 5.75 Å². The molecule has 0 aliphatic rings. The maximum atomic E-state index is 11.1. The van der Waals surface area contributed by atoms with Crippen LogP contribution in [-0.2, 0) is 4.79 Å². The van der Waals surface area contributed by atoms with E-state index in [-0.39, 0.29) is 11.3 Å². The first-order chi connectivity index (χ1) is 7.41. The summed E-state index contributed by atoms with van der Waals surface area (Å²) in [6.07, 6.45) is -1.03. The summed E-state index contributed by atoms with van der Waals surface area (Å²) in [6, 6.07) is 4.81. The number of benzene rings is 1. The Kier molecular flexibility index (Phi) is 3.50.